The van der Waals surface area contributed by atoms with Crippen LogP contribution in [-0.4, -0.2) is 11.7 Å². The van der Waals surface area contributed by atoms with Crippen molar-refractivity contribution in [3.05, 3.63) is 24.3 Å². The molecule has 0 rings (SSSR count). The Morgan fingerprint density at radius 3 is 2.18 bits per heavy atom. The molecule has 0 aliphatic carbocycles. The SMILES string of the molecule is CCC=CCCCC=CCO. The van der Waals surface area contributed by atoms with E-state index in [9.17, 15) is 0 Å². The van der Waals surface area contributed by atoms with Gasteiger partial charge in [0.1, 0.15) is 0 Å². The van der Waals surface area contributed by atoms with Gasteiger partial charge in [-0.3, -0.25) is 0 Å². The number of allylic oxidation sites excluding steroid dienone is 3. The van der Waals surface area contributed by atoms with Crippen LogP contribution >= 0.6 is 0 Å². The molecule has 0 aromatic carbocycles. The van der Waals surface area contributed by atoms with Crippen molar-refractivity contribution >= 4 is 0 Å². The number of hydrogen-bond acceptors (Lipinski definition) is 1. The van der Waals surface area contributed by atoms with E-state index in [4.69, 9.17) is 5.11 Å². The molecule has 1 heteroatoms. The second-order valence-electron chi connectivity index (χ2n) is 2.46. The lowest BCUT2D eigenvalue weighted by Crippen LogP contribution is -1.72. The first-order valence-corrected chi connectivity index (χ1v) is 4.32. The molecule has 0 unspecified atom stereocenters. The van der Waals surface area contributed by atoms with Gasteiger partial charge in [-0.15, -0.1) is 0 Å². The van der Waals surface area contributed by atoms with Crippen LogP contribution in [0.4, 0.5) is 0 Å². The first-order valence-electron chi connectivity index (χ1n) is 4.32. The summed E-state index contributed by atoms with van der Waals surface area (Å²) in [4.78, 5) is 0. The molecule has 0 bridgehead atoms. The predicted octanol–water partition coefficient (Wildman–Crippen LogP) is 2.67. The van der Waals surface area contributed by atoms with Crippen molar-refractivity contribution in [1.82, 2.24) is 0 Å². The molecule has 1 N–H and O–H groups in total. The maximum atomic E-state index is 8.41. The summed E-state index contributed by atoms with van der Waals surface area (Å²) >= 11 is 0. The van der Waals surface area contributed by atoms with Gasteiger partial charge in [0.2, 0.25) is 0 Å². The van der Waals surface area contributed by atoms with E-state index < -0.39 is 0 Å². The third kappa shape index (κ3) is 9.44. The monoisotopic (exact) mass is 154 g/mol. The van der Waals surface area contributed by atoms with Crippen molar-refractivity contribution in [3.8, 4) is 0 Å². The van der Waals surface area contributed by atoms with E-state index in [-0.39, 0.29) is 6.61 Å². The van der Waals surface area contributed by atoms with Crippen LogP contribution < -0.4 is 0 Å². The Bertz CT molecular complexity index is 100. The van der Waals surface area contributed by atoms with Crippen LogP contribution in [-0.2, 0) is 0 Å². The van der Waals surface area contributed by atoms with Gasteiger partial charge in [0.05, 0.1) is 6.61 Å². The van der Waals surface area contributed by atoms with E-state index in [2.05, 4.69) is 19.1 Å². The maximum Gasteiger partial charge on any atom is 0.0612 e. The summed E-state index contributed by atoms with van der Waals surface area (Å²) in [5.74, 6) is 0. The molecule has 64 valence electrons. The first-order chi connectivity index (χ1) is 5.41. The lowest BCUT2D eigenvalue weighted by Gasteiger charge is -1.88. The van der Waals surface area contributed by atoms with Crippen LogP contribution in [0.3, 0.4) is 0 Å². The number of rotatable bonds is 6. The van der Waals surface area contributed by atoms with E-state index in [1.165, 1.54) is 6.42 Å². The largest absolute Gasteiger partial charge is 0.392 e. The molecule has 0 atom stereocenters. The Balaban J connectivity index is 3.02. The second-order valence-corrected chi connectivity index (χ2v) is 2.46. The highest BCUT2D eigenvalue weighted by molar-refractivity contribution is 4.84. The average molecular weight is 154 g/mol. The van der Waals surface area contributed by atoms with Crippen molar-refractivity contribution in [2.24, 2.45) is 0 Å². The zero-order chi connectivity index (χ0) is 8.36. The van der Waals surface area contributed by atoms with Crippen molar-refractivity contribution in [2.75, 3.05) is 6.61 Å². The average Bonchev–Trinajstić information content (AvgIpc) is 2.03. The topological polar surface area (TPSA) is 20.2 Å². The lowest BCUT2D eigenvalue weighted by atomic mass is 10.2. The number of aliphatic hydroxyl groups is 1. The molecule has 0 aromatic heterocycles. The minimum Gasteiger partial charge on any atom is -0.392 e. The molecule has 0 aliphatic heterocycles. The molecule has 0 saturated carbocycles. The fourth-order valence-corrected chi connectivity index (χ4v) is 0.830. The molecule has 0 radical (unpaired) electrons. The van der Waals surface area contributed by atoms with Gasteiger partial charge in [0.15, 0.2) is 0 Å². The van der Waals surface area contributed by atoms with Crippen molar-refractivity contribution in [1.29, 1.82) is 0 Å². The van der Waals surface area contributed by atoms with E-state index in [1.54, 1.807) is 6.08 Å². The Morgan fingerprint density at radius 2 is 1.64 bits per heavy atom. The van der Waals surface area contributed by atoms with Crippen LogP contribution in [0.5, 0.6) is 0 Å². The zero-order valence-corrected chi connectivity index (χ0v) is 7.29. The highest BCUT2D eigenvalue weighted by Crippen LogP contribution is 1.98. The first kappa shape index (κ1) is 10.4. The number of aliphatic hydroxyl groups excluding tert-OH is 1. The van der Waals surface area contributed by atoms with Gasteiger partial charge in [-0.2, -0.15) is 0 Å². The zero-order valence-electron chi connectivity index (χ0n) is 7.29. The molecule has 0 spiro atoms. The number of unbranched alkanes of at least 4 members (excludes halogenated alkanes) is 2. The van der Waals surface area contributed by atoms with Crippen LogP contribution in [0.25, 0.3) is 0 Å². The van der Waals surface area contributed by atoms with Gasteiger partial charge in [-0.1, -0.05) is 31.2 Å². The molecule has 0 saturated heterocycles. The standard InChI is InChI=1S/C10H18O/c1-2-3-4-5-6-7-8-9-10-11/h3-4,8-9,11H,2,5-7,10H2,1H3. The third-order valence-electron chi connectivity index (χ3n) is 1.42. The van der Waals surface area contributed by atoms with Crippen LogP contribution in [0, 0.1) is 0 Å². The molecular weight excluding hydrogens is 136 g/mol. The van der Waals surface area contributed by atoms with Gasteiger partial charge in [-0.05, 0) is 25.7 Å². The minimum atomic E-state index is 0.171. The minimum absolute atomic E-state index is 0.171. The Labute approximate surface area is 69.4 Å². The van der Waals surface area contributed by atoms with Crippen LogP contribution in [0.2, 0.25) is 0 Å². The highest BCUT2D eigenvalue weighted by Gasteiger charge is 1.78. The van der Waals surface area contributed by atoms with Gasteiger partial charge in [0, 0.05) is 0 Å². The summed E-state index contributed by atoms with van der Waals surface area (Å²) in [6, 6.07) is 0. The Hall–Kier alpha value is -0.560. The summed E-state index contributed by atoms with van der Waals surface area (Å²) in [5.41, 5.74) is 0. The predicted molar refractivity (Wildman–Crippen MR) is 49.5 cm³/mol. The maximum absolute atomic E-state index is 8.41. The quantitative estimate of drug-likeness (QED) is 0.460. The molecule has 0 aromatic rings. The normalized spacial score (nSPS) is 11.8. The van der Waals surface area contributed by atoms with Crippen LogP contribution in [0.1, 0.15) is 32.6 Å². The third-order valence-corrected chi connectivity index (χ3v) is 1.42. The van der Waals surface area contributed by atoms with Crippen molar-refractivity contribution < 1.29 is 5.11 Å². The summed E-state index contributed by atoms with van der Waals surface area (Å²) < 4.78 is 0. The molecule has 11 heavy (non-hydrogen) atoms. The molecule has 0 fully saturated rings. The summed E-state index contributed by atoms with van der Waals surface area (Å²) in [6.45, 7) is 2.31. The Kier molecular flexibility index (Phi) is 8.96. The van der Waals surface area contributed by atoms with Gasteiger partial charge in [-0.25, -0.2) is 0 Å². The van der Waals surface area contributed by atoms with Gasteiger partial charge >= 0.3 is 0 Å². The summed E-state index contributed by atoms with van der Waals surface area (Å²) in [6.07, 6.45) is 12.8. The van der Waals surface area contributed by atoms with Crippen molar-refractivity contribution in [3.63, 3.8) is 0 Å². The molecular formula is C10H18O. The summed E-state index contributed by atoms with van der Waals surface area (Å²) in [7, 11) is 0. The van der Waals surface area contributed by atoms with E-state index >= 15 is 0 Å². The van der Waals surface area contributed by atoms with Crippen LogP contribution in [0.15, 0.2) is 24.3 Å². The smallest absolute Gasteiger partial charge is 0.0612 e. The number of hydrogen-bond donors (Lipinski definition) is 1. The molecule has 0 heterocycles. The second kappa shape index (κ2) is 9.44. The van der Waals surface area contributed by atoms with Crippen molar-refractivity contribution in [2.45, 2.75) is 32.6 Å². The van der Waals surface area contributed by atoms with E-state index in [0.717, 1.165) is 19.3 Å². The molecule has 1 nitrogen and oxygen atoms in total. The fourth-order valence-electron chi connectivity index (χ4n) is 0.830. The summed E-state index contributed by atoms with van der Waals surface area (Å²) in [5, 5.41) is 8.41. The fraction of sp³-hybridized carbons (Fsp3) is 0.600. The van der Waals surface area contributed by atoms with E-state index in [0.29, 0.717) is 0 Å². The molecule has 0 amide bonds. The van der Waals surface area contributed by atoms with Gasteiger partial charge < -0.3 is 5.11 Å². The molecule has 0 aliphatic rings. The van der Waals surface area contributed by atoms with E-state index in [1.807, 2.05) is 6.08 Å². The van der Waals surface area contributed by atoms with Gasteiger partial charge in [0.25, 0.3) is 0 Å². The highest BCUT2D eigenvalue weighted by atomic mass is 16.2. The lowest BCUT2D eigenvalue weighted by molar-refractivity contribution is 0.342. The Morgan fingerprint density at radius 1 is 1.00 bits per heavy atom.